The van der Waals surface area contributed by atoms with E-state index in [2.05, 4.69) is 5.32 Å². The zero-order valence-electron chi connectivity index (χ0n) is 11.1. The summed E-state index contributed by atoms with van der Waals surface area (Å²) in [6.45, 7) is 2.24. The van der Waals surface area contributed by atoms with Crippen LogP contribution < -0.4 is 5.32 Å². The molecule has 0 aromatic carbocycles. The monoisotopic (exact) mass is 261 g/mol. The smallest absolute Gasteiger partial charge is 0.303 e. The Bertz CT molecular complexity index is 265. The molecule has 1 unspecified atom stereocenters. The lowest BCUT2D eigenvalue weighted by Gasteiger charge is -2.23. The van der Waals surface area contributed by atoms with Crippen LogP contribution >= 0.6 is 0 Å². The van der Waals surface area contributed by atoms with Crippen LogP contribution in [0.5, 0.6) is 0 Å². The highest BCUT2D eigenvalue weighted by atomic mass is 16.5. The van der Waals surface area contributed by atoms with Crippen LogP contribution in [0.3, 0.4) is 0 Å². The molecule has 0 bridgehead atoms. The second kappa shape index (κ2) is 8.88. The van der Waals surface area contributed by atoms with Gasteiger partial charge in [-0.05, 0) is 19.8 Å². The minimum atomic E-state index is -0.979. The number of unbranched alkanes of at least 4 members (excludes halogenated alkanes) is 1. The number of carbonyl (C=O) groups is 2. The number of methoxy groups -OCH3 is 1. The second-order valence-corrected chi connectivity index (χ2v) is 4.62. The van der Waals surface area contributed by atoms with Crippen molar-refractivity contribution in [1.29, 1.82) is 0 Å². The van der Waals surface area contributed by atoms with E-state index >= 15 is 0 Å². The standard InChI is InChI=1S/C12H23NO5/c1-12(17,7-8-18-2)9-13-10(14)5-3-4-6-11(15)16/h17H,3-9H2,1-2H3,(H,13,14)(H,15,16). The van der Waals surface area contributed by atoms with Gasteiger partial charge in [-0.25, -0.2) is 0 Å². The molecule has 0 heterocycles. The average Bonchev–Trinajstić information content (AvgIpc) is 2.29. The SMILES string of the molecule is COCCC(C)(O)CNC(=O)CCCCC(=O)O. The maximum Gasteiger partial charge on any atom is 0.303 e. The van der Waals surface area contributed by atoms with Crippen LogP contribution in [0, 0.1) is 0 Å². The van der Waals surface area contributed by atoms with Crippen molar-refractivity contribution in [2.75, 3.05) is 20.3 Å². The predicted molar refractivity (Wildman–Crippen MR) is 66.2 cm³/mol. The first kappa shape index (κ1) is 16.9. The third-order valence-corrected chi connectivity index (χ3v) is 2.56. The lowest BCUT2D eigenvalue weighted by Crippen LogP contribution is -2.41. The molecule has 18 heavy (non-hydrogen) atoms. The fourth-order valence-electron chi connectivity index (χ4n) is 1.35. The van der Waals surface area contributed by atoms with E-state index in [-0.39, 0.29) is 25.3 Å². The molecule has 0 aliphatic heterocycles. The summed E-state index contributed by atoms with van der Waals surface area (Å²) in [6.07, 6.45) is 1.84. The Morgan fingerprint density at radius 3 is 2.44 bits per heavy atom. The number of aliphatic carboxylic acids is 1. The van der Waals surface area contributed by atoms with Gasteiger partial charge in [0.2, 0.25) is 5.91 Å². The van der Waals surface area contributed by atoms with Gasteiger partial charge in [-0.15, -0.1) is 0 Å². The lowest BCUT2D eigenvalue weighted by molar-refractivity contribution is -0.137. The zero-order valence-corrected chi connectivity index (χ0v) is 11.1. The summed E-state index contributed by atoms with van der Waals surface area (Å²) < 4.78 is 4.86. The molecule has 0 saturated heterocycles. The molecule has 0 aliphatic carbocycles. The number of amides is 1. The van der Waals surface area contributed by atoms with E-state index in [9.17, 15) is 14.7 Å². The zero-order chi connectivity index (χ0) is 14.0. The molecule has 0 saturated carbocycles. The Morgan fingerprint density at radius 1 is 1.28 bits per heavy atom. The van der Waals surface area contributed by atoms with E-state index < -0.39 is 11.6 Å². The Balaban J connectivity index is 3.65. The van der Waals surface area contributed by atoms with Gasteiger partial charge < -0.3 is 20.3 Å². The van der Waals surface area contributed by atoms with Crippen LogP contribution in [0.25, 0.3) is 0 Å². The number of aliphatic hydroxyl groups is 1. The first-order valence-corrected chi connectivity index (χ1v) is 6.07. The molecular formula is C12H23NO5. The van der Waals surface area contributed by atoms with Gasteiger partial charge >= 0.3 is 5.97 Å². The maximum absolute atomic E-state index is 11.4. The van der Waals surface area contributed by atoms with Gasteiger partial charge in [0, 0.05) is 39.5 Å². The number of rotatable bonds is 10. The van der Waals surface area contributed by atoms with Crippen molar-refractivity contribution in [1.82, 2.24) is 5.32 Å². The van der Waals surface area contributed by atoms with Gasteiger partial charge in [0.1, 0.15) is 0 Å². The largest absolute Gasteiger partial charge is 0.481 e. The molecule has 0 aromatic heterocycles. The van der Waals surface area contributed by atoms with Gasteiger partial charge in [0.15, 0.2) is 0 Å². The number of carbonyl (C=O) groups excluding carboxylic acids is 1. The Hall–Kier alpha value is -1.14. The van der Waals surface area contributed by atoms with Gasteiger partial charge in [0.25, 0.3) is 0 Å². The summed E-state index contributed by atoms with van der Waals surface area (Å²) in [4.78, 5) is 21.7. The molecule has 0 aromatic rings. The second-order valence-electron chi connectivity index (χ2n) is 4.62. The van der Waals surface area contributed by atoms with Crippen molar-refractivity contribution in [2.24, 2.45) is 0 Å². The van der Waals surface area contributed by atoms with Crippen LogP contribution in [0.4, 0.5) is 0 Å². The Morgan fingerprint density at radius 2 is 1.89 bits per heavy atom. The van der Waals surface area contributed by atoms with Crippen LogP contribution in [0.1, 0.15) is 39.0 Å². The van der Waals surface area contributed by atoms with Gasteiger partial charge in [-0.3, -0.25) is 9.59 Å². The molecule has 6 heteroatoms. The minimum absolute atomic E-state index is 0.0822. The fraction of sp³-hybridized carbons (Fsp3) is 0.833. The number of carboxylic acid groups (broad SMARTS) is 1. The van der Waals surface area contributed by atoms with Crippen molar-refractivity contribution in [3.05, 3.63) is 0 Å². The highest BCUT2D eigenvalue weighted by Crippen LogP contribution is 2.08. The van der Waals surface area contributed by atoms with Crippen molar-refractivity contribution in [2.45, 2.75) is 44.6 Å². The number of hydrogen-bond acceptors (Lipinski definition) is 4. The van der Waals surface area contributed by atoms with Crippen molar-refractivity contribution >= 4 is 11.9 Å². The highest BCUT2D eigenvalue weighted by Gasteiger charge is 2.20. The molecule has 0 fully saturated rings. The predicted octanol–water partition coefficient (Wildman–Crippen LogP) is 0.535. The van der Waals surface area contributed by atoms with Crippen LogP contribution in [0.2, 0.25) is 0 Å². The summed E-state index contributed by atoms with van der Waals surface area (Å²) in [5, 5.41) is 20.9. The molecule has 0 rings (SSSR count). The van der Waals surface area contributed by atoms with Crippen molar-refractivity contribution < 1.29 is 24.5 Å². The molecule has 1 atom stereocenters. The lowest BCUT2D eigenvalue weighted by atomic mass is 10.0. The van der Waals surface area contributed by atoms with E-state index in [1.165, 1.54) is 0 Å². The van der Waals surface area contributed by atoms with E-state index in [0.717, 1.165) is 0 Å². The third kappa shape index (κ3) is 10.0. The van der Waals surface area contributed by atoms with E-state index in [1.807, 2.05) is 0 Å². The highest BCUT2D eigenvalue weighted by molar-refractivity contribution is 5.76. The van der Waals surface area contributed by atoms with E-state index in [1.54, 1.807) is 14.0 Å². The summed E-state index contributed by atoms with van der Waals surface area (Å²) in [7, 11) is 1.55. The average molecular weight is 261 g/mol. The summed E-state index contributed by atoms with van der Waals surface area (Å²) in [6, 6.07) is 0. The minimum Gasteiger partial charge on any atom is -0.481 e. The molecule has 0 aliphatic rings. The number of hydrogen-bond donors (Lipinski definition) is 3. The van der Waals surface area contributed by atoms with Gasteiger partial charge in [-0.2, -0.15) is 0 Å². The van der Waals surface area contributed by atoms with Crippen molar-refractivity contribution in [3.63, 3.8) is 0 Å². The molecule has 3 N–H and O–H groups in total. The summed E-state index contributed by atoms with van der Waals surface area (Å²) in [5.41, 5.74) is -0.979. The quantitative estimate of drug-likeness (QED) is 0.499. The van der Waals surface area contributed by atoms with E-state index in [4.69, 9.17) is 9.84 Å². The summed E-state index contributed by atoms with van der Waals surface area (Å²) >= 11 is 0. The molecule has 106 valence electrons. The number of ether oxygens (including phenoxy) is 1. The normalized spacial score (nSPS) is 13.9. The number of nitrogens with one attached hydrogen (secondary N) is 1. The maximum atomic E-state index is 11.4. The van der Waals surface area contributed by atoms with Gasteiger partial charge in [-0.1, -0.05) is 0 Å². The molecule has 6 nitrogen and oxygen atoms in total. The Kier molecular flexibility index (Phi) is 8.32. The molecule has 1 amide bonds. The Labute approximate surface area is 107 Å². The first-order valence-electron chi connectivity index (χ1n) is 6.07. The molecule has 0 radical (unpaired) electrons. The van der Waals surface area contributed by atoms with E-state index in [0.29, 0.717) is 25.9 Å². The van der Waals surface area contributed by atoms with Crippen LogP contribution in [-0.4, -0.2) is 48.0 Å². The first-order chi connectivity index (χ1) is 8.37. The van der Waals surface area contributed by atoms with Crippen molar-refractivity contribution in [3.8, 4) is 0 Å². The molecule has 0 spiro atoms. The van der Waals surface area contributed by atoms with Gasteiger partial charge in [0.05, 0.1) is 5.60 Å². The summed E-state index contributed by atoms with van der Waals surface area (Å²) in [5.74, 6) is -1.02. The third-order valence-electron chi connectivity index (χ3n) is 2.56. The number of carboxylic acids is 1. The molecular weight excluding hydrogens is 238 g/mol. The van der Waals surface area contributed by atoms with Crippen LogP contribution in [-0.2, 0) is 14.3 Å². The van der Waals surface area contributed by atoms with Crippen LogP contribution in [0.15, 0.2) is 0 Å². The fourth-order valence-corrected chi connectivity index (χ4v) is 1.35. The topological polar surface area (TPSA) is 95.9 Å².